The highest BCUT2D eigenvalue weighted by molar-refractivity contribution is 6.31. The van der Waals surface area contributed by atoms with Gasteiger partial charge in [-0.2, -0.15) is 10.2 Å². The molecule has 8 heteroatoms. The summed E-state index contributed by atoms with van der Waals surface area (Å²) in [5.41, 5.74) is 10.1. The smallest absolute Gasteiger partial charge is 0.126 e. The van der Waals surface area contributed by atoms with Crippen LogP contribution in [0.3, 0.4) is 0 Å². The van der Waals surface area contributed by atoms with Crippen molar-refractivity contribution in [2.45, 2.75) is 6.04 Å². The Morgan fingerprint density at radius 1 is 1.29 bits per heavy atom. The molecule has 0 aromatic carbocycles. The van der Waals surface area contributed by atoms with Gasteiger partial charge in [-0.05, 0) is 0 Å². The highest BCUT2D eigenvalue weighted by Crippen LogP contribution is 2.29. The minimum atomic E-state index is -0.344. The number of hydrogen-bond donors (Lipinski definition) is 3. The number of nitrogens with two attached hydrogens (primary N) is 2. The quantitative estimate of drug-likeness (QED) is 0.527. The third kappa shape index (κ3) is 1.88. The second-order valence-corrected chi connectivity index (χ2v) is 4.12. The van der Waals surface area contributed by atoms with Crippen LogP contribution >= 0.6 is 11.6 Å². The van der Waals surface area contributed by atoms with Crippen LogP contribution in [0.5, 0.6) is 0 Å². The van der Waals surface area contributed by atoms with Crippen molar-refractivity contribution in [3.8, 4) is 0 Å². The van der Waals surface area contributed by atoms with Crippen LogP contribution in [0.2, 0.25) is 5.02 Å². The van der Waals surface area contributed by atoms with E-state index in [9.17, 15) is 0 Å². The lowest BCUT2D eigenvalue weighted by atomic mass is 10.1. The monoisotopic (exact) mass is 255 g/mol. The zero-order valence-electron chi connectivity index (χ0n) is 9.55. The van der Waals surface area contributed by atoms with Crippen LogP contribution in [-0.4, -0.2) is 19.6 Å². The summed E-state index contributed by atoms with van der Waals surface area (Å²) in [4.78, 5) is 0. The number of hydrazine groups is 1. The molecule has 2 heterocycles. The molecular formula is C9H14ClN7. The first-order valence-electron chi connectivity index (χ1n) is 4.97. The second kappa shape index (κ2) is 4.36. The van der Waals surface area contributed by atoms with E-state index in [-0.39, 0.29) is 6.04 Å². The van der Waals surface area contributed by atoms with E-state index in [4.69, 9.17) is 23.2 Å². The molecule has 1 unspecified atom stereocenters. The van der Waals surface area contributed by atoms with E-state index in [2.05, 4.69) is 15.6 Å². The maximum Gasteiger partial charge on any atom is 0.126 e. The van der Waals surface area contributed by atoms with Crippen molar-refractivity contribution in [1.82, 2.24) is 25.0 Å². The number of nitrogen functional groups attached to an aromatic ring is 1. The van der Waals surface area contributed by atoms with Gasteiger partial charge in [0.2, 0.25) is 0 Å². The topological polar surface area (TPSA) is 99.7 Å². The molecule has 0 spiro atoms. The molecule has 1 atom stereocenters. The molecule has 2 aromatic heterocycles. The average molecular weight is 256 g/mol. The van der Waals surface area contributed by atoms with Gasteiger partial charge in [0.25, 0.3) is 0 Å². The highest BCUT2D eigenvalue weighted by atomic mass is 35.5. The number of rotatable bonds is 3. The van der Waals surface area contributed by atoms with E-state index in [0.29, 0.717) is 10.8 Å². The summed E-state index contributed by atoms with van der Waals surface area (Å²) in [5, 5.41) is 8.67. The zero-order valence-corrected chi connectivity index (χ0v) is 10.3. The first kappa shape index (κ1) is 11.9. The van der Waals surface area contributed by atoms with E-state index in [1.165, 1.54) is 0 Å². The first-order valence-corrected chi connectivity index (χ1v) is 5.35. The van der Waals surface area contributed by atoms with Gasteiger partial charge in [0.15, 0.2) is 0 Å². The van der Waals surface area contributed by atoms with Crippen molar-refractivity contribution in [2.75, 3.05) is 5.73 Å². The van der Waals surface area contributed by atoms with Gasteiger partial charge in [0.05, 0.1) is 29.2 Å². The number of nitrogens with one attached hydrogen (secondary N) is 1. The van der Waals surface area contributed by atoms with Crippen LogP contribution in [0.15, 0.2) is 12.4 Å². The number of hydrogen-bond acceptors (Lipinski definition) is 5. The maximum absolute atomic E-state index is 6.08. The number of halogens is 1. The van der Waals surface area contributed by atoms with Crippen LogP contribution in [0.25, 0.3) is 0 Å². The van der Waals surface area contributed by atoms with Gasteiger partial charge < -0.3 is 5.73 Å². The average Bonchev–Trinajstić information content (AvgIpc) is 2.79. The Kier molecular flexibility index (Phi) is 3.05. The van der Waals surface area contributed by atoms with Gasteiger partial charge in [-0.15, -0.1) is 0 Å². The summed E-state index contributed by atoms with van der Waals surface area (Å²) in [5.74, 6) is 6.10. The fourth-order valence-electron chi connectivity index (χ4n) is 1.75. The molecule has 0 aliphatic rings. The van der Waals surface area contributed by atoms with Gasteiger partial charge in [0.1, 0.15) is 5.82 Å². The second-order valence-electron chi connectivity index (χ2n) is 3.71. The van der Waals surface area contributed by atoms with Gasteiger partial charge in [-0.25, -0.2) is 5.43 Å². The van der Waals surface area contributed by atoms with Crippen molar-refractivity contribution < 1.29 is 0 Å². The Hall–Kier alpha value is -1.57. The highest BCUT2D eigenvalue weighted by Gasteiger charge is 2.23. The van der Waals surface area contributed by atoms with Crippen LogP contribution in [0.1, 0.15) is 17.3 Å². The van der Waals surface area contributed by atoms with Crippen molar-refractivity contribution in [2.24, 2.45) is 19.9 Å². The van der Waals surface area contributed by atoms with Crippen LogP contribution in [0.4, 0.5) is 5.82 Å². The van der Waals surface area contributed by atoms with E-state index >= 15 is 0 Å². The largest absolute Gasteiger partial charge is 0.384 e. The first-order chi connectivity index (χ1) is 8.06. The van der Waals surface area contributed by atoms with Crippen molar-refractivity contribution in [1.29, 1.82) is 0 Å². The van der Waals surface area contributed by atoms with Crippen molar-refractivity contribution in [3.63, 3.8) is 0 Å². The van der Waals surface area contributed by atoms with Crippen molar-refractivity contribution in [3.05, 3.63) is 28.7 Å². The molecule has 2 aromatic rings. The number of aromatic nitrogens is 4. The molecular weight excluding hydrogens is 242 g/mol. The molecule has 92 valence electrons. The molecule has 0 saturated carbocycles. The SMILES string of the molecule is Cn1ncc(C(NN)c2c(Cl)cnn2C)c1N. The van der Waals surface area contributed by atoms with Gasteiger partial charge in [-0.3, -0.25) is 15.2 Å². The van der Waals surface area contributed by atoms with E-state index in [1.54, 1.807) is 35.9 Å². The minimum Gasteiger partial charge on any atom is -0.384 e. The lowest BCUT2D eigenvalue weighted by Crippen LogP contribution is -2.31. The lowest BCUT2D eigenvalue weighted by molar-refractivity contribution is 0.576. The summed E-state index contributed by atoms with van der Waals surface area (Å²) >= 11 is 6.08. The van der Waals surface area contributed by atoms with E-state index in [0.717, 1.165) is 11.3 Å². The molecule has 5 N–H and O–H groups in total. The Labute approximate surface area is 103 Å². The standard InChI is InChI=1S/C9H14ClN7/c1-16-8(6(10)4-14-16)7(15-12)5-3-13-17(2)9(5)11/h3-4,7,15H,11-12H2,1-2H3. The summed E-state index contributed by atoms with van der Waals surface area (Å²) in [7, 11) is 3.55. The Morgan fingerprint density at radius 3 is 2.35 bits per heavy atom. The number of nitrogens with zero attached hydrogens (tertiary/aromatic N) is 4. The molecule has 2 rings (SSSR count). The van der Waals surface area contributed by atoms with Gasteiger partial charge >= 0.3 is 0 Å². The molecule has 7 nitrogen and oxygen atoms in total. The minimum absolute atomic E-state index is 0.344. The summed E-state index contributed by atoms with van der Waals surface area (Å²) < 4.78 is 3.23. The third-order valence-electron chi connectivity index (χ3n) is 2.70. The predicted octanol–water partition coefficient (Wildman–Crippen LogP) is -0.0581. The number of anilines is 1. The van der Waals surface area contributed by atoms with Gasteiger partial charge in [-0.1, -0.05) is 11.6 Å². The molecule has 0 bridgehead atoms. The fourth-order valence-corrected chi connectivity index (χ4v) is 2.02. The van der Waals surface area contributed by atoms with Crippen LogP contribution in [0, 0.1) is 0 Å². The zero-order chi connectivity index (χ0) is 12.6. The fraction of sp³-hybridized carbons (Fsp3) is 0.333. The molecule has 0 aliphatic heterocycles. The van der Waals surface area contributed by atoms with Crippen molar-refractivity contribution >= 4 is 17.4 Å². The molecule has 0 aliphatic carbocycles. The molecule has 17 heavy (non-hydrogen) atoms. The predicted molar refractivity (Wildman–Crippen MR) is 65.0 cm³/mol. The number of aryl methyl sites for hydroxylation is 2. The molecule has 0 amide bonds. The van der Waals surface area contributed by atoms with Crippen LogP contribution < -0.4 is 17.0 Å². The Balaban J connectivity index is 2.51. The normalized spacial score (nSPS) is 12.9. The summed E-state index contributed by atoms with van der Waals surface area (Å²) in [6.45, 7) is 0. The van der Waals surface area contributed by atoms with Crippen LogP contribution in [-0.2, 0) is 14.1 Å². The molecule has 0 radical (unpaired) electrons. The lowest BCUT2D eigenvalue weighted by Gasteiger charge is -2.16. The third-order valence-corrected chi connectivity index (χ3v) is 2.99. The Bertz CT molecular complexity index is 510. The molecule has 0 saturated heterocycles. The van der Waals surface area contributed by atoms with E-state index in [1.807, 2.05) is 0 Å². The van der Waals surface area contributed by atoms with Gasteiger partial charge in [0, 0.05) is 19.7 Å². The Morgan fingerprint density at radius 2 is 1.94 bits per heavy atom. The maximum atomic E-state index is 6.08. The summed E-state index contributed by atoms with van der Waals surface area (Å²) in [6, 6.07) is -0.344. The van der Waals surface area contributed by atoms with E-state index < -0.39 is 0 Å². The molecule has 0 fully saturated rings. The summed E-state index contributed by atoms with van der Waals surface area (Å²) in [6.07, 6.45) is 3.22.